The van der Waals surface area contributed by atoms with E-state index in [0.29, 0.717) is 19.3 Å². The molecule has 1 unspecified atom stereocenters. The van der Waals surface area contributed by atoms with E-state index in [0.717, 1.165) is 96.3 Å². The summed E-state index contributed by atoms with van der Waals surface area (Å²) < 4.78 is 16.9. The molecular weight excluding hydrogens is 937 g/mol. The molecule has 0 spiro atoms. The average molecular weight is 1060 g/mol. The van der Waals surface area contributed by atoms with E-state index in [9.17, 15) is 14.4 Å². The zero-order valence-corrected chi connectivity index (χ0v) is 50.8. The lowest BCUT2D eigenvalue weighted by molar-refractivity contribution is -0.167. The van der Waals surface area contributed by atoms with Crippen LogP contribution >= 0.6 is 0 Å². The number of allylic oxidation sites excluding steroid dienone is 10. The zero-order valence-electron chi connectivity index (χ0n) is 50.8. The Labute approximate surface area is 472 Å². The minimum absolute atomic E-state index is 0.0723. The van der Waals surface area contributed by atoms with Crippen LogP contribution in [0, 0.1) is 0 Å². The molecule has 0 saturated carbocycles. The van der Waals surface area contributed by atoms with Gasteiger partial charge in [-0.2, -0.15) is 0 Å². The van der Waals surface area contributed by atoms with Crippen LogP contribution in [0.25, 0.3) is 0 Å². The van der Waals surface area contributed by atoms with Crippen molar-refractivity contribution in [1.82, 2.24) is 0 Å². The van der Waals surface area contributed by atoms with Crippen LogP contribution in [0.4, 0.5) is 0 Å². The number of hydrogen-bond donors (Lipinski definition) is 0. The highest BCUT2D eigenvalue weighted by Gasteiger charge is 2.19. The number of unbranched alkanes of at least 4 members (excludes halogenated alkanes) is 40. The van der Waals surface area contributed by atoms with E-state index in [1.54, 1.807) is 0 Å². The van der Waals surface area contributed by atoms with Crippen LogP contribution in [0.2, 0.25) is 0 Å². The number of carbonyl (C=O) groups is 3. The van der Waals surface area contributed by atoms with Gasteiger partial charge in [-0.3, -0.25) is 14.4 Å². The van der Waals surface area contributed by atoms with Crippen LogP contribution in [0.1, 0.15) is 348 Å². The third-order valence-corrected chi connectivity index (χ3v) is 14.8. The lowest BCUT2D eigenvalue weighted by atomic mass is 10.0. The van der Waals surface area contributed by atoms with Crippen molar-refractivity contribution in [2.45, 2.75) is 354 Å². The van der Waals surface area contributed by atoms with E-state index in [1.165, 1.54) is 212 Å². The van der Waals surface area contributed by atoms with Gasteiger partial charge in [-0.05, 0) is 64.2 Å². The van der Waals surface area contributed by atoms with E-state index >= 15 is 0 Å². The molecule has 0 N–H and O–H groups in total. The first-order valence-corrected chi connectivity index (χ1v) is 33.3. The summed E-state index contributed by atoms with van der Waals surface area (Å²) in [6.07, 6.45) is 82.7. The number of rotatable bonds is 61. The molecule has 0 bridgehead atoms. The van der Waals surface area contributed by atoms with E-state index in [4.69, 9.17) is 14.2 Å². The smallest absolute Gasteiger partial charge is 0.306 e. The quantitative estimate of drug-likeness (QED) is 0.0261. The highest BCUT2D eigenvalue weighted by Crippen LogP contribution is 2.18. The number of hydrogen-bond acceptors (Lipinski definition) is 6. The second-order valence-electron chi connectivity index (χ2n) is 22.4. The molecule has 0 heterocycles. The van der Waals surface area contributed by atoms with Gasteiger partial charge < -0.3 is 14.2 Å². The normalized spacial score (nSPS) is 12.4. The van der Waals surface area contributed by atoms with Gasteiger partial charge in [0.05, 0.1) is 0 Å². The summed E-state index contributed by atoms with van der Waals surface area (Å²) in [5.41, 5.74) is 0. The van der Waals surface area contributed by atoms with Gasteiger partial charge in [0.2, 0.25) is 0 Å². The molecule has 6 nitrogen and oxygen atoms in total. The summed E-state index contributed by atoms with van der Waals surface area (Å²) in [4.78, 5) is 38.1. The number of carbonyl (C=O) groups excluding carboxylic acids is 3. The Balaban J connectivity index is 4.09. The summed E-state index contributed by atoms with van der Waals surface area (Å²) in [5, 5.41) is 0. The van der Waals surface area contributed by atoms with Crippen molar-refractivity contribution in [2.24, 2.45) is 0 Å². The van der Waals surface area contributed by atoms with E-state index < -0.39 is 6.10 Å². The molecule has 1 atom stereocenters. The first-order valence-electron chi connectivity index (χ1n) is 33.3. The van der Waals surface area contributed by atoms with Crippen LogP contribution in [0.15, 0.2) is 60.8 Å². The van der Waals surface area contributed by atoms with Crippen LogP contribution in [0.5, 0.6) is 0 Å². The van der Waals surface area contributed by atoms with E-state index in [2.05, 4.69) is 81.5 Å². The molecule has 0 amide bonds. The zero-order chi connectivity index (χ0) is 55.0. The molecule has 0 aromatic heterocycles. The number of ether oxygens (including phenoxy) is 3. The Hall–Kier alpha value is -2.89. The van der Waals surface area contributed by atoms with Gasteiger partial charge in [-0.25, -0.2) is 0 Å². The molecule has 0 saturated heterocycles. The minimum atomic E-state index is -0.774. The summed E-state index contributed by atoms with van der Waals surface area (Å²) in [6.45, 7) is 6.53. The second-order valence-corrected chi connectivity index (χ2v) is 22.4. The molecule has 0 aromatic rings. The average Bonchev–Trinajstić information content (AvgIpc) is 3.42. The summed E-state index contributed by atoms with van der Waals surface area (Å²) in [7, 11) is 0. The first-order chi connectivity index (χ1) is 37.5. The largest absolute Gasteiger partial charge is 0.462 e. The van der Waals surface area contributed by atoms with Gasteiger partial charge in [0, 0.05) is 19.3 Å². The van der Waals surface area contributed by atoms with Gasteiger partial charge in [-0.1, -0.05) is 326 Å². The van der Waals surface area contributed by atoms with Gasteiger partial charge in [0.15, 0.2) is 6.10 Å². The van der Waals surface area contributed by atoms with Crippen molar-refractivity contribution in [3.05, 3.63) is 60.8 Å². The maximum absolute atomic E-state index is 12.9. The Kier molecular flexibility index (Phi) is 62.2. The molecule has 0 aromatic carbocycles. The van der Waals surface area contributed by atoms with Crippen molar-refractivity contribution < 1.29 is 28.6 Å². The Bertz CT molecular complexity index is 1360. The Morgan fingerprint density at radius 3 is 0.803 bits per heavy atom. The molecule has 6 heteroatoms. The van der Waals surface area contributed by atoms with Crippen molar-refractivity contribution >= 4 is 17.9 Å². The van der Waals surface area contributed by atoms with Crippen LogP contribution < -0.4 is 0 Å². The third kappa shape index (κ3) is 62.0. The monoisotopic (exact) mass is 1060 g/mol. The predicted octanol–water partition coefficient (Wildman–Crippen LogP) is 22.7. The van der Waals surface area contributed by atoms with Crippen LogP contribution in [-0.4, -0.2) is 37.2 Å². The van der Waals surface area contributed by atoms with Crippen molar-refractivity contribution in [1.29, 1.82) is 0 Å². The molecule has 0 rings (SSSR count). The Morgan fingerprint density at radius 1 is 0.276 bits per heavy atom. The molecule has 0 aliphatic heterocycles. The molecule has 0 aliphatic rings. The molecule has 0 radical (unpaired) electrons. The highest BCUT2D eigenvalue weighted by molar-refractivity contribution is 5.71. The van der Waals surface area contributed by atoms with Gasteiger partial charge in [0.25, 0.3) is 0 Å². The lowest BCUT2D eigenvalue weighted by Crippen LogP contribution is -2.30. The van der Waals surface area contributed by atoms with E-state index in [-0.39, 0.29) is 31.1 Å². The minimum Gasteiger partial charge on any atom is -0.462 e. The SMILES string of the molecule is CC/C=C\C/C=C\C/C=C\C/C=C\C/C=C\CCCCCCCCCCCC(=O)OC(COC(=O)CCCCCCCCC)COC(=O)CCCCCCCCCCCCCCCCCCCCCCCCCCCC. The van der Waals surface area contributed by atoms with Crippen molar-refractivity contribution in [3.8, 4) is 0 Å². The van der Waals surface area contributed by atoms with E-state index in [1.807, 2.05) is 0 Å². The molecule has 0 aliphatic carbocycles. The molecule has 76 heavy (non-hydrogen) atoms. The fourth-order valence-electron chi connectivity index (χ4n) is 9.83. The van der Waals surface area contributed by atoms with Gasteiger partial charge in [-0.15, -0.1) is 0 Å². The fourth-order valence-corrected chi connectivity index (χ4v) is 9.83. The summed E-state index contributed by atoms with van der Waals surface area (Å²) in [6, 6.07) is 0. The standard InChI is InChI=1S/C70H126O6/c1-4-7-10-13-16-18-20-22-24-26-28-30-32-34-36-37-39-41-43-45-47-49-51-54-57-60-63-69(72)75-66-67(65-74-68(71)62-59-56-53-15-12-9-6-3)76-70(73)64-61-58-55-52-50-48-46-44-42-40-38-35-33-31-29-27-25-23-21-19-17-14-11-8-5-2/h8,11,17,19,23,25,29,31,35,38,67H,4-7,9-10,12-16,18,20-22,24,26-28,30,32-34,36-37,39-66H2,1-3H3/b11-8-,19-17-,25-23-,31-29-,38-35-. The maximum Gasteiger partial charge on any atom is 0.306 e. The first kappa shape index (κ1) is 73.1. The lowest BCUT2D eigenvalue weighted by Gasteiger charge is -2.18. The van der Waals surface area contributed by atoms with Crippen LogP contribution in [0.3, 0.4) is 0 Å². The van der Waals surface area contributed by atoms with Gasteiger partial charge >= 0.3 is 17.9 Å². The fraction of sp³-hybridized carbons (Fsp3) is 0.814. The van der Waals surface area contributed by atoms with Crippen molar-refractivity contribution in [2.75, 3.05) is 13.2 Å². The number of esters is 3. The Morgan fingerprint density at radius 2 is 0.513 bits per heavy atom. The summed E-state index contributed by atoms with van der Waals surface area (Å²) >= 11 is 0. The maximum atomic E-state index is 12.9. The summed E-state index contributed by atoms with van der Waals surface area (Å²) in [5.74, 6) is -0.867. The molecular formula is C70H126O6. The second kappa shape index (κ2) is 64.6. The third-order valence-electron chi connectivity index (χ3n) is 14.8. The van der Waals surface area contributed by atoms with Crippen LogP contribution in [-0.2, 0) is 28.6 Å². The molecule has 0 fully saturated rings. The van der Waals surface area contributed by atoms with Gasteiger partial charge in [0.1, 0.15) is 13.2 Å². The predicted molar refractivity (Wildman–Crippen MR) is 330 cm³/mol. The molecule has 442 valence electrons. The topological polar surface area (TPSA) is 78.9 Å². The highest BCUT2D eigenvalue weighted by atomic mass is 16.6. The van der Waals surface area contributed by atoms with Crippen molar-refractivity contribution in [3.63, 3.8) is 0 Å².